The normalized spacial score (nSPS) is 19.9. The molecule has 0 bridgehead atoms. The topological polar surface area (TPSA) is 21.6 Å². The van der Waals surface area contributed by atoms with Gasteiger partial charge in [0, 0.05) is 17.0 Å². The highest BCUT2D eigenvalue weighted by molar-refractivity contribution is 6.30. The van der Waals surface area contributed by atoms with E-state index in [0.29, 0.717) is 5.02 Å². The lowest BCUT2D eigenvalue weighted by Gasteiger charge is -2.34. The fourth-order valence-corrected chi connectivity index (χ4v) is 2.33. The maximum Gasteiger partial charge on any atom is 0.144 e. The molecule has 1 heterocycles. The van der Waals surface area contributed by atoms with E-state index in [-0.39, 0.29) is 5.60 Å². The fraction of sp³-hybridized carbons (Fsp3) is 0.357. The van der Waals surface area contributed by atoms with Gasteiger partial charge in [-0.3, -0.25) is 0 Å². The molecule has 1 aliphatic heterocycles. The molecular weight excluding hydrogens is 234 g/mol. The van der Waals surface area contributed by atoms with E-state index < -0.39 is 0 Å². The number of oxime groups is 1. The Bertz CT molecular complexity index is 535. The van der Waals surface area contributed by atoms with Crippen LogP contribution in [-0.4, -0.2) is 11.3 Å². The molecule has 1 spiro atoms. The van der Waals surface area contributed by atoms with Gasteiger partial charge in [0.25, 0.3) is 0 Å². The van der Waals surface area contributed by atoms with E-state index in [0.717, 1.165) is 30.5 Å². The summed E-state index contributed by atoms with van der Waals surface area (Å²) in [4.78, 5) is 5.46. The lowest BCUT2D eigenvalue weighted by atomic mass is 9.77. The Morgan fingerprint density at radius 3 is 2.82 bits per heavy atom. The third-order valence-electron chi connectivity index (χ3n) is 3.28. The zero-order valence-corrected chi connectivity index (χ0v) is 10.1. The van der Waals surface area contributed by atoms with Crippen LogP contribution in [0.5, 0.6) is 0 Å². The van der Waals surface area contributed by atoms with Crippen molar-refractivity contribution >= 4 is 17.3 Å². The van der Waals surface area contributed by atoms with Gasteiger partial charge < -0.3 is 4.84 Å². The molecule has 0 N–H and O–H groups in total. The Morgan fingerprint density at radius 1 is 1.29 bits per heavy atom. The number of halogens is 1. The van der Waals surface area contributed by atoms with Gasteiger partial charge in [-0.15, -0.1) is 0 Å². The first-order valence-corrected chi connectivity index (χ1v) is 6.16. The van der Waals surface area contributed by atoms with E-state index in [1.54, 1.807) is 0 Å². The predicted octanol–water partition coefficient (Wildman–Crippen LogP) is 3.39. The van der Waals surface area contributed by atoms with E-state index in [1.165, 1.54) is 6.42 Å². The van der Waals surface area contributed by atoms with Crippen molar-refractivity contribution in [2.75, 3.05) is 0 Å². The average Bonchev–Trinajstić information content (AvgIpc) is 2.71. The molecule has 0 atom stereocenters. The molecule has 0 radical (unpaired) electrons. The minimum Gasteiger partial charge on any atom is -0.388 e. The van der Waals surface area contributed by atoms with Gasteiger partial charge in [0.05, 0.1) is 0 Å². The van der Waals surface area contributed by atoms with Crippen LogP contribution < -0.4 is 0 Å². The van der Waals surface area contributed by atoms with Crippen molar-refractivity contribution in [3.63, 3.8) is 0 Å². The predicted molar refractivity (Wildman–Crippen MR) is 68.0 cm³/mol. The van der Waals surface area contributed by atoms with Crippen LogP contribution in [0.15, 0.2) is 29.4 Å². The summed E-state index contributed by atoms with van der Waals surface area (Å²) < 4.78 is 0. The quantitative estimate of drug-likeness (QED) is 0.642. The summed E-state index contributed by atoms with van der Waals surface area (Å²) >= 11 is 5.89. The van der Waals surface area contributed by atoms with Gasteiger partial charge in [0.15, 0.2) is 0 Å². The van der Waals surface area contributed by atoms with E-state index >= 15 is 0 Å². The maximum absolute atomic E-state index is 5.89. The second-order valence-electron chi connectivity index (χ2n) is 4.60. The minimum absolute atomic E-state index is 0.00164. The summed E-state index contributed by atoms with van der Waals surface area (Å²) in [5.74, 6) is 6.13. The van der Waals surface area contributed by atoms with Crippen molar-refractivity contribution in [1.82, 2.24) is 0 Å². The molecular formula is C14H12ClNO. The van der Waals surface area contributed by atoms with E-state index in [4.69, 9.17) is 16.4 Å². The molecule has 0 unspecified atom stereocenters. The zero-order valence-electron chi connectivity index (χ0n) is 9.37. The smallest absolute Gasteiger partial charge is 0.144 e. The van der Waals surface area contributed by atoms with Crippen molar-refractivity contribution < 1.29 is 4.84 Å². The number of nitrogens with zero attached hydrogens (tertiary/aromatic N) is 1. The van der Waals surface area contributed by atoms with Crippen molar-refractivity contribution in [3.8, 4) is 11.8 Å². The van der Waals surface area contributed by atoms with Gasteiger partial charge in [0.1, 0.15) is 11.3 Å². The molecule has 2 nitrogen and oxygen atoms in total. The van der Waals surface area contributed by atoms with E-state index in [2.05, 4.69) is 17.0 Å². The molecule has 2 aliphatic rings. The van der Waals surface area contributed by atoms with Crippen LogP contribution in [0, 0.1) is 11.8 Å². The first-order chi connectivity index (χ1) is 8.26. The zero-order chi connectivity index (χ0) is 11.7. The molecule has 3 heteroatoms. The van der Waals surface area contributed by atoms with Crippen LogP contribution in [0.4, 0.5) is 0 Å². The summed E-state index contributed by atoms with van der Waals surface area (Å²) in [6, 6.07) is 7.53. The van der Waals surface area contributed by atoms with Crippen LogP contribution in [0.3, 0.4) is 0 Å². The summed E-state index contributed by atoms with van der Waals surface area (Å²) in [6.45, 7) is 0. The third-order valence-corrected chi connectivity index (χ3v) is 3.51. The Kier molecular flexibility index (Phi) is 2.57. The van der Waals surface area contributed by atoms with E-state index in [1.807, 2.05) is 24.3 Å². The SMILES string of the molecule is Clc1cccc(C#CC2=NOC3(CCC3)C2)c1. The standard InChI is InChI=1S/C14H12ClNO/c15-12-4-1-3-11(9-12)5-6-13-10-14(17-16-13)7-2-8-14/h1,3-4,9H,2,7-8,10H2. The molecule has 1 aliphatic carbocycles. The average molecular weight is 246 g/mol. The highest BCUT2D eigenvalue weighted by Gasteiger charge is 2.44. The number of hydrogen-bond acceptors (Lipinski definition) is 2. The molecule has 1 saturated carbocycles. The van der Waals surface area contributed by atoms with Gasteiger partial charge in [0.2, 0.25) is 0 Å². The van der Waals surface area contributed by atoms with Gasteiger partial charge >= 0.3 is 0 Å². The lowest BCUT2D eigenvalue weighted by Crippen LogP contribution is -2.36. The summed E-state index contributed by atoms with van der Waals surface area (Å²) in [6.07, 6.45) is 4.32. The summed E-state index contributed by atoms with van der Waals surface area (Å²) in [5.41, 5.74) is 1.76. The van der Waals surface area contributed by atoms with Crippen LogP contribution in [0.2, 0.25) is 5.02 Å². The number of benzene rings is 1. The molecule has 3 rings (SSSR count). The lowest BCUT2D eigenvalue weighted by molar-refractivity contribution is -0.0755. The first-order valence-electron chi connectivity index (χ1n) is 5.78. The Morgan fingerprint density at radius 2 is 2.18 bits per heavy atom. The Hall–Kier alpha value is -1.46. The molecule has 0 aromatic heterocycles. The van der Waals surface area contributed by atoms with Gasteiger partial charge in [-0.2, -0.15) is 0 Å². The highest BCUT2D eigenvalue weighted by Crippen LogP contribution is 2.42. The Labute approximate surface area is 106 Å². The van der Waals surface area contributed by atoms with Crippen LogP contribution >= 0.6 is 11.6 Å². The highest BCUT2D eigenvalue weighted by atomic mass is 35.5. The van der Waals surface area contributed by atoms with E-state index in [9.17, 15) is 0 Å². The molecule has 1 aromatic rings. The monoisotopic (exact) mass is 245 g/mol. The number of rotatable bonds is 0. The van der Waals surface area contributed by atoms with Crippen LogP contribution in [0.1, 0.15) is 31.2 Å². The fourth-order valence-electron chi connectivity index (χ4n) is 2.14. The first kappa shape index (κ1) is 10.7. The molecule has 1 aromatic carbocycles. The van der Waals surface area contributed by atoms with Crippen molar-refractivity contribution in [2.24, 2.45) is 5.16 Å². The van der Waals surface area contributed by atoms with Crippen LogP contribution in [-0.2, 0) is 4.84 Å². The second kappa shape index (κ2) is 4.09. The number of hydrogen-bond donors (Lipinski definition) is 0. The maximum atomic E-state index is 5.89. The van der Waals surface area contributed by atoms with Gasteiger partial charge in [-0.05, 0) is 43.4 Å². The van der Waals surface area contributed by atoms with Gasteiger partial charge in [-0.1, -0.05) is 28.7 Å². The molecule has 86 valence electrons. The minimum atomic E-state index is -0.00164. The molecule has 0 saturated heterocycles. The summed E-state index contributed by atoms with van der Waals surface area (Å²) in [5, 5.41) is 4.76. The van der Waals surface area contributed by atoms with Crippen LogP contribution in [0.25, 0.3) is 0 Å². The second-order valence-corrected chi connectivity index (χ2v) is 5.04. The summed E-state index contributed by atoms with van der Waals surface area (Å²) in [7, 11) is 0. The van der Waals surface area contributed by atoms with Crippen molar-refractivity contribution in [2.45, 2.75) is 31.3 Å². The van der Waals surface area contributed by atoms with Crippen molar-refractivity contribution in [1.29, 1.82) is 0 Å². The van der Waals surface area contributed by atoms with Crippen molar-refractivity contribution in [3.05, 3.63) is 34.9 Å². The largest absolute Gasteiger partial charge is 0.388 e. The molecule has 0 amide bonds. The third kappa shape index (κ3) is 2.16. The Balaban J connectivity index is 1.72. The molecule has 17 heavy (non-hydrogen) atoms. The molecule has 1 fully saturated rings. The van der Waals surface area contributed by atoms with Gasteiger partial charge in [-0.25, -0.2) is 0 Å².